The average molecular weight is 703 g/mol. The minimum atomic E-state index is 0.867. The van der Waals surface area contributed by atoms with E-state index in [4.69, 9.17) is 4.42 Å². The zero-order valence-electron chi connectivity index (χ0n) is 29.9. The minimum absolute atomic E-state index is 0.867. The number of aromatic nitrogens is 1. The molecule has 0 aliphatic heterocycles. The highest BCUT2D eigenvalue weighted by molar-refractivity contribution is 6.14. The molecule has 3 heteroatoms. The number of hydrogen-bond acceptors (Lipinski definition) is 2. The van der Waals surface area contributed by atoms with E-state index in [1.165, 1.54) is 43.7 Å². The molecule has 0 fully saturated rings. The Balaban J connectivity index is 1.15. The van der Waals surface area contributed by atoms with Crippen LogP contribution in [0.4, 0.5) is 17.1 Å². The van der Waals surface area contributed by atoms with Crippen molar-refractivity contribution in [1.29, 1.82) is 0 Å². The van der Waals surface area contributed by atoms with E-state index in [0.29, 0.717) is 0 Å². The molecule has 0 spiro atoms. The summed E-state index contributed by atoms with van der Waals surface area (Å²) in [4.78, 5) is 2.36. The van der Waals surface area contributed by atoms with Crippen molar-refractivity contribution in [1.82, 2.24) is 4.57 Å². The van der Waals surface area contributed by atoms with Crippen molar-refractivity contribution >= 4 is 71.6 Å². The number of para-hydroxylation sites is 4. The van der Waals surface area contributed by atoms with Crippen molar-refractivity contribution in [2.45, 2.75) is 0 Å². The molecular weight excluding hydrogens is 669 g/mol. The molecule has 0 amide bonds. The van der Waals surface area contributed by atoms with Crippen LogP contribution in [0.25, 0.3) is 82.5 Å². The second kappa shape index (κ2) is 12.6. The number of rotatable bonds is 6. The number of anilines is 3. The first kappa shape index (κ1) is 31.2. The molecule has 0 saturated heterocycles. The van der Waals surface area contributed by atoms with Gasteiger partial charge in [-0.3, -0.25) is 0 Å². The van der Waals surface area contributed by atoms with Gasteiger partial charge in [0.2, 0.25) is 0 Å². The maximum atomic E-state index is 6.86. The third-order valence-electron chi connectivity index (χ3n) is 11.0. The monoisotopic (exact) mass is 702 g/mol. The van der Waals surface area contributed by atoms with Gasteiger partial charge in [-0.1, -0.05) is 140 Å². The van der Waals surface area contributed by atoms with Crippen LogP contribution in [0.5, 0.6) is 0 Å². The van der Waals surface area contributed by atoms with E-state index in [9.17, 15) is 0 Å². The summed E-state index contributed by atoms with van der Waals surface area (Å²) in [5.74, 6) is 0. The summed E-state index contributed by atoms with van der Waals surface area (Å²) in [5.41, 5.74) is 12.9. The Hall–Kier alpha value is -7.36. The predicted octanol–water partition coefficient (Wildman–Crippen LogP) is 14.6. The van der Waals surface area contributed by atoms with Crippen LogP contribution in [0.1, 0.15) is 0 Å². The van der Waals surface area contributed by atoms with Gasteiger partial charge < -0.3 is 13.9 Å². The second-order valence-corrected chi connectivity index (χ2v) is 14.1. The predicted molar refractivity (Wildman–Crippen MR) is 231 cm³/mol. The first-order valence-corrected chi connectivity index (χ1v) is 18.8. The topological polar surface area (TPSA) is 21.3 Å². The van der Waals surface area contributed by atoms with Crippen molar-refractivity contribution in [2.24, 2.45) is 0 Å². The van der Waals surface area contributed by atoms with E-state index in [1.54, 1.807) is 0 Å². The van der Waals surface area contributed by atoms with E-state index < -0.39 is 0 Å². The lowest BCUT2D eigenvalue weighted by molar-refractivity contribution is 0.670. The summed E-state index contributed by atoms with van der Waals surface area (Å²) >= 11 is 0. The third kappa shape index (κ3) is 5.05. The largest absolute Gasteiger partial charge is 0.455 e. The van der Waals surface area contributed by atoms with E-state index in [1.807, 2.05) is 6.07 Å². The van der Waals surface area contributed by atoms with Crippen molar-refractivity contribution in [3.63, 3.8) is 0 Å². The second-order valence-electron chi connectivity index (χ2n) is 14.1. The Morgan fingerprint density at radius 2 is 1.02 bits per heavy atom. The van der Waals surface area contributed by atoms with E-state index in [0.717, 1.165) is 55.8 Å². The van der Waals surface area contributed by atoms with Crippen LogP contribution in [0.2, 0.25) is 0 Å². The fourth-order valence-electron chi connectivity index (χ4n) is 8.52. The smallest absolute Gasteiger partial charge is 0.145 e. The van der Waals surface area contributed by atoms with Crippen molar-refractivity contribution in [3.8, 4) is 27.9 Å². The van der Waals surface area contributed by atoms with Crippen molar-refractivity contribution in [2.75, 3.05) is 4.90 Å². The molecule has 11 aromatic rings. The molecule has 2 aromatic heterocycles. The van der Waals surface area contributed by atoms with Crippen LogP contribution in [0, 0.1) is 0 Å². The fraction of sp³-hybridized carbons (Fsp3) is 0. The minimum Gasteiger partial charge on any atom is -0.455 e. The maximum Gasteiger partial charge on any atom is 0.145 e. The highest BCUT2D eigenvalue weighted by atomic mass is 16.3. The molecule has 0 aliphatic carbocycles. The average Bonchev–Trinajstić information content (AvgIpc) is 3.80. The van der Waals surface area contributed by atoms with Gasteiger partial charge in [0.05, 0.1) is 16.7 Å². The molecule has 258 valence electrons. The van der Waals surface area contributed by atoms with Crippen LogP contribution in [-0.2, 0) is 0 Å². The molecule has 3 nitrogen and oxygen atoms in total. The molecule has 2 heterocycles. The van der Waals surface area contributed by atoms with Gasteiger partial charge in [-0.15, -0.1) is 0 Å². The summed E-state index contributed by atoms with van der Waals surface area (Å²) in [6.45, 7) is 0. The SMILES string of the molecule is c1ccc(N(c2ccc(-c3cccc4ccccc34)cc2)c2ccc3c(oc4ccccc43)c2-c2cccc(-n3c4ccccc4c4ccccc43)c2)cc1. The lowest BCUT2D eigenvalue weighted by Crippen LogP contribution is -2.11. The first-order valence-electron chi connectivity index (χ1n) is 18.8. The summed E-state index contributed by atoms with van der Waals surface area (Å²) in [6, 6.07) is 73.8. The van der Waals surface area contributed by atoms with Crippen LogP contribution in [-0.4, -0.2) is 4.57 Å². The zero-order chi connectivity index (χ0) is 36.3. The molecule has 0 unspecified atom stereocenters. The van der Waals surface area contributed by atoms with Crippen LogP contribution in [0.3, 0.4) is 0 Å². The lowest BCUT2D eigenvalue weighted by atomic mass is 9.96. The van der Waals surface area contributed by atoms with Gasteiger partial charge in [-0.25, -0.2) is 0 Å². The van der Waals surface area contributed by atoms with Crippen molar-refractivity contribution in [3.05, 3.63) is 206 Å². The molecule has 0 atom stereocenters. The highest BCUT2D eigenvalue weighted by Gasteiger charge is 2.23. The normalized spacial score (nSPS) is 11.6. The summed E-state index contributed by atoms with van der Waals surface area (Å²) < 4.78 is 9.24. The molecule has 9 aromatic carbocycles. The Labute approximate surface area is 318 Å². The zero-order valence-corrected chi connectivity index (χ0v) is 29.9. The fourth-order valence-corrected chi connectivity index (χ4v) is 8.52. The lowest BCUT2D eigenvalue weighted by Gasteiger charge is -2.28. The Morgan fingerprint density at radius 3 is 1.80 bits per heavy atom. The van der Waals surface area contributed by atoms with Crippen LogP contribution >= 0.6 is 0 Å². The van der Waals surface area contributed by atoms with Crippen LogP contribution < -0.4 is 4.90 Å². The number of hydrogen-bond donors (Lipinski definition) is 0. The van der Waals surface area contributed by atoms with Gasteiger partial charge in [0, 0.05) is 44.2 Å². The number of fused-ring (bicyclic) bond motifs is 7. The summed E-state index contributed by atoms with van der Waals surface area (Å²) in [7, 11) is 0. The molecule has 0 saturated carbocycles. The number of nitrogens with zero attached hydrogens (tertiary/aromatic N) is 2. The number of furan rings is 1. The van der Waals surface area contributed by atoms with Gasteiger partial charge in [0.1, 0.15) is 11.2 Å². The summed E-state index contributed by atoms with van der Waals surface area (Å²) in [6.07, 6.45) is 0. The standard InChI is InChI=1S/C52H34N2O/c1-2-17-38(18-3-1)53(39-30-28-36(29-31-39)42-24-13-15-35-14-4-5-20-41(35)42)49-33-32-46-45-23-8-11-27-50(45)55-52(46)51(49)37-16-12-19-40(34-37)54-47-25-9-6-21-43(47)44-22-7-10-26-48(44)54/h1-34H. The summed E-state index contributed by atoms with van der Waals surface area (Å²) in [5, 5.41) is 7.17. The molecule has 0 bridgehead atoms. The van der Waals surface area contributed by atoms with Gasteiger partial charge in [0.25, 0.3) is 0 Å². The van der Waals surface area contributed by atoms with Gasteiger partial charge in [-0.2, -0.15) is 0 Å². The molecule has 0 N–H and O–H groups in total. The molecule has 11 rings (SSSR count). The molecule has 0 radical (unpaired) electrons. The van der Waals surface area contributed by atoms with Gasteiger partial charge >= 0.3 is 0 Å². The van der Waals surface area contributed by atoms with Crippen molar-refractivity contribution < 1.29 is 4.42 Å². The molecule has 0 aliphatic rings. The Kier molecular flexibility index (Phi) is 7.17. The van der Waals surface area contributed by atoms with E-state index >= 15 is 0 Å². The van der Waals surface area contributed by atoms with E-state index in [2.05, 4.69) is 210 Å². The molecule has 55 heavy (non-hydrogen) atoms. The van der Waals surface area contributed by atoms with E-state index in [-0.39, 0.29) is 0 Å². The van der Waals surface area contributed by atoms with Gasteiger partial charge in [-0.05, 0) is 94.2 Å². The first-order chi connectivity index (χ1) is 27.3. The Bertz CT molecular complexity index is 3150. The van der Waals surface area contributed by atoms with Crippen LogP contribution in [0.15, 0.2) is 211 Å². The number of benzene rings is 9. The Morgan fingerprint density at radius 1 is 0.400 bits per heavy atom. The third-order valence-corrected chi connectivity index (χ3v) is 11.0. The maximum absolute atomic E-state index is 6.86. The quantitative estimate of drug-likeness (QED) is 0.172. The highest BCUT2D eigenvalue weighted by Crippen LogP contribution is 2.47. The molecular formula is C52H34N2O. The van der Waals surface area contributed by atoms with Gasteiger partial charge in [0.15, 0.2) is 0 Å².